The zero-order valence-corrected chi connectivity index (χ0v) is 11.5. The zero-order chi connectivity index (χ0) is 15.0. The van der Waals surface area contributed by atoms with E-state index >= 15 is 0 Å². The number of hydrogen-bond acceptors (Lipinski definition) is 5. The van der Waals surface area contributed by atoms with Crippen LogP contribution in [-0.4, -0.2) is 48.9 Å². The molecule has 1 aromatic rings. The summed E-state index contributed by atoms with van der Waals surface area (Å²) in [5.41, 5.74) is 1.11. The van der Waals surface area contributed by atoms with E-state index in [9.17, 15) is 14.4 Å². The van der Waals surface area contributed by atoms with Gasteiger partial charge in [-0.25, -0.2) is 0 Å². The van der Waals surface area contributed by atoms with Gasteiger partial charge in [0.05, 0.1) is 17.7 Å². The van der Waals surface area contributed by atoms with Gasteiger partial charge < -0.3 is 15.4 Å². The molecule has 1 unspecified atom stereocenters. The highest BCUT2D eigenvalue weighted by atomic mass is 16.5. The SMILES string of the molecule is CN1C(=O)CC(NC(=O)c2cccc3c2OCCN3)C1=O. The minimum atomic E-state index is -0.803. The lowest BCUT2D eigenvalue weighted by atomic mass is 10.1. The van der Waals surface area contributed by atoms with Crippen LogP contribution in [0.2, 0.25) is 0 Å². The molecule has 21 heavy (non-hydrogen) atoms. The van der Waals surface area contributed by atoms with Gasteiger partial charge in [0.15, 0.2) is 5.75 Å². The van der Waals surface area contributed by atoms with E-state index in [4.69, 9.17) is 4.74 Å². The van der Waals surface area contributed by atoms with Gasteiger partial charge in [0.25, 0.3) is 11.8 Å². The molecule has 0 saturated carbocycles. The molecule has 0 radical (unpaired) electrons. The summed E-state index contributed by atoms with van der Waals surface area (Å²) >= 11 is 0. The average molecular weight is 289 g/mol. The summed E-state index contributed by atoms with van der Waals surface area (Å²) in [5, 5.41) is 5.74. The Balaban J connectivity index is 1.81. The van der Waals surface area contributed by atoms with Crippen molar-refractivity contribution in [2.24, 2.45) is 0 Å². The summed E-state index contributed by atoms with van der Waals surface area (Å²) < 4.78 is 5.52. The van der Waals surface area contributed by atoms with Crippen molar-refractivity contribution in [1.82, 2.24) is 10.2 Å². The molecular weight excluding hydrogens is 274 g/mol. The van der Waals surface area contributed by atoms with Crippen LogP contribution >= 0.6 is 0 Å². The Labute approximate surface area is 121 Å². The van der Waals surface area contributed by atoms with E-state index in [2.05, 4.69) is 10.6 Å². The fourth-order valence-corrected chi connectivity index (χ4v) is 2.45. The van der Waals surface area contributed by atoms with Crippen molar-refractivity contribution in [3.05, 3.63) is 23.8 Å². The molecule has 110 valence electrons. The topological polar surface area (TPSA) is 87.7 Å². The maximum atomic E-state index is 12.3. The quantitative estimate of drug-likeness (QED) is 0.747. The molecule has 0 aliphatic carbocycles. The van der Waals surface area contributed by atoms with Gasteiger partial charge in [-0.05, 0) is 12.1 Å². The van der Waals surface area contributed by atoms with Crippen molar-refractivity contribution in [1.29, 1.82) is 0 Å². The highest BCUT2D eigenvalue weighted by molar-refractivity contribution is 6.08. The van der Waals surface area contributed by atoms with Crippen LogP contribution in [0.15, 0.2) is 18.2 Å². The van der Waals surface area contributed by atoms with Gasteiger partial charge in [-0.3, -0.25) is 19.3 Å². The number of nitrogens with one attached hydrogen (secondary N) is 2. The van der Waals surface area contributed by atoms with Crippen LogP contribution in [0.4, 0.5) is 5.69 Å². The number of likely N-dealkylation sites (tertiary alicyclic amines) is 1. The van der Waals surface area contributed by atoms with Crippen LogP contribution in [0.5, 0.6) is 5.75 Å². The smallest absolute Gasteiger partial charge is 0.255 e. The van der Waals surface area contributed by atoms with E-state index in [0.717, 1.165) is 10.6 Å². The molecule has 3 amide bonds. The summed E-state index contributed by atoms with van der Waals surface area (Å²) in [4.78, 5) is 36.6. The average Bonchev–Trinajstić information content (AvgIpc) is 2.74. The summed E-state index contributed by atoms with van der Waals surface area (Å²) in [6.45, 7) is 1.15. The molecule has 1 aromatic carbocycles. The van der Waals surface area contributed by atoms with Crippen molar-refractivity contribution >= 4 is 23.4 Å². The van der Waals surface area contributed by atoms with Gasteiger partial charge in [-0.15, -0.1) is 0 Å². The largest absolute Gasteiger partial charge is 0.489 e. The molecule has 3 rings (SSSR count). The van der Waals surface area contributed by atoms with Crippen LogP contribution in [0.3, 0.4) is 0 Å². The number of hydrogen-bond donors (Lipinski definition) is 2. The second-order valence-corrected chi connectivity index (χ2v) is 4.98. The number of carbonyl (C=O) groups excluding carboxylic acids is 3. The summed E-state index contributed by atoms with van der Waals surface area (Å²) in [6, 6.07) is 4.39. The second kappa shape index (κ2) is 5.08. The van der Waals surface area contributed by atoms with E-state index in [0.29, 0.717) is 24.5 Å². The Morgan fingerprint density at radius 1 is 1.43 bits per heavy atom. The first-order chi connectivity index (χ1) is 10.1. The number of anilines is 1. The van der Waals surface area contributed by atoms with E-state index in [1.54, 1.807) is 12.1 Å². The van der Waals surface area contributed by atoms with Crippen molar-refractivity contribution in [2.75, 3.05) is 25.5 Å². The third-order valence-corrected chi connectivity index (χ3v) is 3.61. The summed E-state index contributed by atoms with van der Waals surface area (Å²) in [5.74, 6) is -0.626. The molecule has 7 nitrogen and oxygen atoms in total. The number of benzene rings is 1. The molecule has 0 bridgehead atoms. The number of amides is 3. The van der Waals surface area contributed by atoms with Gasteiger partial charge in [-0.1, -0.05) is 6.07 Å². The first-order valence-corrected chi connectivity index (χ1v) is 6.69. The molecule has 1 saturated heterocycles. The molecule has 0 aromatic heterocycles. The summed E-state index contributed by atoms with van der Waals surface area (Å²) in [6.07, 6.45) is -0.00476. The third-order valence-electron chi connectivity index (χ3n) is 3.61. The van der Waals surface area contributed by atoms with Gasteiger partial charge >= 0.3 is 0 Å². The number of fused-ring (bicyclic) bond motifs is 1. The standard InChI is InChI=1S/C14H15N3O4/c1-17-11(18)7-10(14(17)20)16-13(19)8-3-2-4-9-12(8)21-6-5-15-9/h2-4,10,15H,5-7H2,1H3,(H,16,19). The van der Waals surface area contributed by atoms with Crippen LogP contribution in [-0.2, 0) is 9.59 Å². The lowest BCUT2D eigenvalue weighted by molar-refractivity contribution is -0.137. The Morgan fingerprint density at radius 3 is 2.95 bits per heavy atom. The fourth-order valence-electron chi connectivity index (χ4n) is 2.45. The number of carbonyl (C=O) groups is 3. The first kappa shape index (κ1) is 13.4. The van der Waals surface area contributed by atoms with Gasteiger partial charge in [-0.2, -0.15) is 0 Å². The molecule has 1 fully saturated rings. The van der Waals surface area contributed by atoms with Crippen molar-refractivity contribution < 1.29 is 19.1 Å². The number of likely N-dealkylation sites (N-methyl/N-ethyl adjacent to an activating group) is 1. The van der Waals surface area contributed by atoms with Crippen molar-refractivity contribution in [3.63, 3.8) is 0 Å². The van der Waals surface area contributed by atoms with Gasteiger partial charge in [0.1, 0.15) is 12.6 Å². The Kier molecular flexibility index (Phi) is 3.25. The Hall–Kier alpha value is -2.57. The molecule has 7 heteroatoms. The predicted molar refractivity (Wildman–Crippen MR) is 74.1 cm³/mol. The van der Waals surface area contributed by atoms with Gasteiger partial charge in [0, 0.05) is 13.6 Å². The summed E-state index contributed by atoms with van der Waals surface area (Å²) in [7, 11) is 1.41. The molecular formula is C14H15N3O4. The third kappa shape index (κ3) is 2.31. The zero-order valence-electron chi connectivity index (χ0n) is 11.5. The monoisotopic (exact) mass is 289 g/mol. The second-order valence-electron chi connectivity index (χ2n) is 4.98. The van der Waals surface area contributed by atoms with Crippen LogP contribution in [0.1, 0.15) is 16.8 Å². The molecule has 2 N–H and O–H groups in total. The molecule has 2 aliphatic heterocycles. The van der Waals surface area contributed by atoms with E-state index in [1.807, 2.05) is 6.07 Å². The number of rotatable bonds is 2. The maximum absolute atomic E-state index is 12.3. The number of para-hydroxylation sites is 1. The Bertz CT molecular complexity index is 629. The van der Waals surface area contributed by atoms with Crippen LogP contribution in [0.25, 0.3) is 0 Å². The highest BCUT2D eigenvalue weighted by Gasteiger charge is 2.37. The molecule has 1 atom stereocenters. The maximum Gasteiger partial charge on any atom is 0.255 e. The molecule has 0 spiro atoms. The minimum absolute atomic E-state index is 0.00476. The van der Waals surface area contributed by atoms with Crippen LogP contribution in [0, 0.1) is 0 Å². The lowest BCUT2D eigenvalue weighted by Gasteiger charge is -2.21. The first-order valence-electron chi connectivity index (χ1n) is 6.69. The van der Waals surface area contributed by atoms with Crippen molar-refractivity contribution in [2.45, 2.75) is 12.5 Å². The molecule has 2 aliphatic rings. The Morgan fingerprint density at radius 2 is 2.24 bits per heavy atom. The number of imide groups is 1. The highest BCUT2D eigenvalue weighted by Crippen LogP contribution is 2.31. The predicted octanol–water partition coefficient (Wildman–Crippen LogP) is -0.0220. The van der Waals surface area contributed by atoms with E-state index in [-0.39, 0.29) is 12.3 Å². The number of ether oxygens (including phenoxy) is 1. The van der Waals surface area contributed by atoms with E-state index < -0.39 is 17.9 Å². The van der Waals surface area contributed by atoms with E-state index in [1.165, 1.54) is 7.05 Å². The van der Waals surface area contributed by atoms with Gasteiger partial charge in [0.2, 0.25) is 5.91 Å². The minimum Gasteiger partial charge on any atom is -0.489 e. The normalized spacial score (nSPS) is 20.6. The lowest BCUT2D eigenvalue weighted by Crippen LogP contribution is -2.41. The number of nitrogens with zero attached hydrogens (tertiary/aromatic N) is 1. The molecule has 2 heterocycles. The fraction of sp³-hybridized carbons (Fsp3) is 0.357. The van der Waals surface area contributed by atoms with Crippen molar-refractivity contribution in [3.8, 4) is 5.75 Å². The van der Waals surface area contributed by atoms with Crippen LogP contribution < -0.4 is 15.4 Å².